The van der Waals surface area contributed by atoms with Crippen LogP contribution in [0, 0.1) is 10.1 Å². The average Bonchev–Trinajstić information content (AvgIpc) is 3.12. The van der Waals surface area contributed by atoms with Crippen molar-refractivity contribution in [3.63, 3.8) is 0 Å². The van der Waals surface area contributed by atoms with Crippen molar-refractivity contribution in [2.45, 2.75) is 0 Å². The Morgan fingerprint density at radius 2 is 1.96 bits per heavy atom. The molecule has 9 heteroatoms. The van der Waals surface area contributed by atoms with Gasteiger partial charge in [-0.05, 0) is 18.2 Å². The maximum atomic E-state index is 11.0. The van der Waals surface area contributed by atoms with Gasteiger partial charge < -0.3 is 0 Å². The molecule has 2 heterocycles. The lowest BCUT2D eigenvalue weighted by Crippen LogP contribution is -2.00. The number of nitrogens with zero attached hydrogens (tertiary/aromatic N) is 6. The summed E-state index contributed by atoms with van der Waals surface area (Å²) in [6.45, 7) is 0. The number of benzene rings is 2. The number of nitro groups is 1. The van der Waals surface area contributed by atoms with Gasteiger partial charge in [-0.3, -0.25) is 19.9 Å². The molecule has 0 fully saturated rings. The van der Waals surface area contributed by atoms with Crippen molar-refractivity contribution in [2.75, 3.05) is 5.43 Å². The number of hydrogen-bond acceptors (Lipinski definition) is 7. The van der Waals surface area contributed by atoms with Crippen molar-refractivity contribution in [2.24, 2.45) is 5.10 Å². The number of aromatic nitrogens is 4. The first-order chi connectivity index (χ1) is 12.2. The molecule has 4 rings (SSSR count). The number of nitrogens with one attached hydrogen (secondary N) is 1. The highest BCUT2D eigenvalue weighted by Crippen LogP contribution is 2.20. The summed E-state index contributed by atoms with van der Waals surface area (Å²) < 4.78 is 1.80. The van der Waals surface area contributed by atoms with Gasteiger partial charge in [-0.2, -0.15) is 5.10 Å². The lowest BCUT2D eigenvalue weighted by Gasteiger charge is -2.05. The van der Waals surface area contributed by atoms with Crippen LogP contribution in [0.15, 0.2) is 60.0 Å². The first-order valence-corrected chi connectivity index (χ1v) is 7.35. The number of nitro benzene ring substituents is 1. The molecular weight excluding hydrogens is 322 g/mol. The van der Waals surface area contributed by atoms with Crippen molar-refractivity contribution in [3.8, 4) is 0 Å². The molecule has 0 atom stereocenters. The highest BCUT2D eigenvalue weighted by molar-refractivity contribution is 5.86. The first kappa shape index (κ1) is 14.7. The predicted octanol–water partition coefficient (Wildman–Crippen LogP) is 2.63. The van der Waals surface area contributed by atoms with Gasteiger partial charge in [-0.15, -0.1) is 10.2 Å². The maximum Gasteiger partial charge on any atom is 0.278 e. The maximum absolute atomic E-state index is 11.0. The lowest BCUT2D eigenvalue weighted by atomic mass is 10.2. The molecule has 0 amide bonds. The Morgan fingerprint density at radius 1 is 1.16 bits per heavy atom. The molecule has 0 bridgehead atoms. The van der Waals surface area contributed by atoms with Crippen molar-refractivity contribution in [1.82, 2.24) is 19.6 Å². The largest absolute Gasteiger partial charge is 0.278 e. The Balaban J connectivity index is 1.71. The molecule has 25 heavy (non-hydrogen) atoms. The highest BCUT2D eigenvalue weighted by Gasteiger charge is 2.11. The third kappa shape index (κ3) is 2.63. The second-order valence-electron chi connectivity index (χ2n) is 5.16. The van der Waals surface area contributed by atoms with E-state index in [0.717, 1.165) is 11.0 Å². The molecule has 0 aliphatic rings. The molecule has 1 N–H and O–H groups in total. The summed E-state index contributed by atoms with van der Waals surface area (Å²) in [5, 5.41) is 23.1. The van der Waals surface area contributed by atoms with E-state index < -0.39 is 4.92 Å². The Morgan fingerprint density at radius 3 is 2.84 bits per heavy atom. The Kier molecular flexibility index (Phi) is 3.51. The molecule has 122 valence electrons. The van der Waals surface area contributed by atoms with Crippen LogP contribution in [-0.4, -0.2) is 30.7 Å². The van der Waals surface area contributed by atoms with Gasteiger partial charge in [-0.1, -0.05) is 24.3 Å². The van der Waals surface area contributed by atoms with Crippen molar-refractivity contribution in [3.05, 3.63) is 70.5 Å². The van der Waals surface area contributed by atoms with E-state index in [1.54, 1.807) is 28.9 Å². The van der Waals surface area contributed by atoms with Gasteiger partial charge in [0, 0.05) is 6.07 Å². The van der Waals surface area contributed by atoms with E-state index >= 15 is 0 Å². The topological polar surface area (TPSA) is 111 Å². The van der Waals surface area contributed by atoms with Gasteiger partial charge in [-0.25, -0.2) is 4.98 Å². The van der Waals surface area contributed by atoms with Crippen LogP contribution in [0.1, 0.15) is 5.56 Å². The van der Waals surface area contributed by atoms with Gasteiger partial charge >= 0.3 is 0 Å². The second kappa shape index (κ2) is 5.96. The minimum Gasteiger partial charge on any atom is -0.277 e. The van der Waals surface area contributed by atoms with Crippen LogP contribution in [0.25, 0.3) is 16.7 Å². The average molecular weight is 333 g/mol. The van der Waals surface area contributed by atoms with Gasteiger partial charge in [0.2, 0.25) is 5.65 Å². The number of hydrazone groups is 1. The van der Waals surface area contributed by atoms with Crippen LogP contribution in [0.4, 0.5) is 11.5 Å². The molecule has 9 nitrogen and oxygen atoms in total. The van der Waals surface area contributed by atoms with Crippen LogP contribution in [-0.2, 0) is 0 Å². The zero-order valence-electron chi connectivity index (χ0n) is 12.8. The zero-order chi connectivity index (χ0) is 17.2. The summed E-state index contributed by atoms with van der Waals surface area (Å²) in [6, 6.07) is 13.9. The second-order valence-corrected chi connectivity index (χ2v) is 5.16. The fourth-order valence-electron chi connectivity index (χ4n) is 2.51. The van der Waals surface area contributed by atoms with Crippen LogP contribution in [0.2, 0.25) is 0 Å². The molecular formula is C16H11N7O2. The van der Waals surface area contributed by atoms with Gasteiger partial charge in [0.25, 0.3) is 5.69 Å². The Labute approximate surface area is 140 Å². The number of hydrogen-bond donors (Lipinski definition) is 1. The summed E-state index contributed by atoms with van der Waals surface area (Å²) in [7, 11) is 0. The third-order valence-corrected chi connectivity index (χ3v) is 3.64. The molecule has 0 radical (unpaired) electrons. The zero-order valence-corrected chi connectivity index (χ0v) is 12.8. The van der Waals surface area contributed by atoms with E-state index in [1.165, 1.54) is 12.3 Å². The molecule has 0 aliphatic heterocycles. The molecule has 0 aliphatic carbocycles. The first-order valence-electron chi connectivity index (χ1n) is 7.35. The highest BCUT2D eigenvalue weighted by atomic mass is 16.6. The van der Waals surface area contributed by atoms with Crippen LogP contribution in [0.3, 0.4) is 0 Å². The fraction of sp³-hybridized carbons (Fsp3) is 0. The van der Waals surface area contributed by atoms with E-state index in [1.807, 2.05) is 24.3 Å². The SMILES string of the molecule is O=[N+]([O-])c1ccccc1C=NNc1nc2ccccc2n2cnnc12. The van der Waals surface area contributed by atoms with E-state index in [4.69, 9.17) is 0 Å². The quantitative estimate of drug-likeness (QED) is 0.349. The van der Waals surface area contributed by atoms with Crippen LogP contribution < -0.4 is 5.43 Å². The normalized spacial score (nSPS) is 11.4. The van der Waals surface area contributed by atoms with E-state index in [9.17, 15) is 10.1 Å². The smallest absolute Gasteiger partial charge is 0.277 e. The van der Waals surface area contributed by atoms with Crippen LogP contribution in [0.5, 0.6) is 0 Å². The molecule has 2 aromatic heterocycles. The summed E-state index contributed by atoms with van der Waals surface area (Å²) >= 11 is 0. The molecule has 4 aromatic rings. The van der Waals surface area contributed by atoms with Gasteiger partial charge in [0.15, 0.2) is 5.82 Å². The summed E-state index contributed by atoms with van der Waals surface area (Å²) in [5.41, 5.74) is 5.29. The number of anilines is 1. The minimum atomic E-state index is -0.452. The van der Waals surface area contributed by atoms with E-state index in [-0.39, 0.29) is 5.69 Å². The number of fused-ring (bicyclic) bond motifs is 3. The van der Waals surface area contributed by atoms with Crippen molar-refractivity contribution < 1.29 is 4.92 Å². The lowest BCUT2D eigenvalue weighted by molar-refractivity contribution is -0.385. The van der Waals surface area contributed by atoms with E-state index in [2.05, 4.69) is 25.7 Å². The summed E-state index contributed by atoms with van der Waals surface area (Å²) in [5.74, 6) is 0.408. The summed E-state index contributed by atoms with van der Waals surface area (Å²) in [4.78, 5) is 15.1. The van der Waals surface area contributed by atoms with Crippen molar-refractivity contribution >= 4 is 34.4 Å². The Hall–Kier alpha value is -3.88. The fourth-order valence-corrected chi connectivity index (χ4v) is 2.51. The molecule has 0 spiro atoms. The third-order valence-electron chi connectivity index (χ3n) is 3.64. The predicted molar refractivity (Wildman–Crippen MR) is 92.6 cm³/mol. The monoisotopic (exact) mass is 333 g/mol. The Bertz CT molecular complexity index is 1120. The minimum absolute atomic E-state index is 0.0212. The van der Waals surface area contributed by atoms with Crippen molar-refractivity contribution in [1.29, 1.82) is 0 Å². The van der Waals surface area contributed by atoms with Crippen LogP contribution >= 0.6 is 0 Å². The molecule has 0 saturated carbocycles. The van der Waals surface area contributed by atoms with Gasteiger partial charge in [0.05, 0.1) is 27.7 Å². The molecule has 2 aromatic carbocycles. The molecule has 0 saturated heterocycles. The standard InChI is InChI=1S/C16H11N7O2/c24-23(25)13-7-3-1-5-11(13)9-17-20-15-16-21-18-10-22(16)14-8-4-2-6-12(14)19-15/h1-10H,(H,19,20). The van der Waals surface area contributed by atoms with Gasteiger partial charge in [0.1, 0.15) is 6.33 Å². The number of para-hydroxylation sites is 3. The van der Waals surface area contributed by atoms with E-state index in [0.29, 0.717) is 17.0 Å². The number of rotatable bonds is 4. The summed E-state index contributed by atoms with van der Waals surface area (Å²) in [6.07, 6.45) is 2.97. The molecule has 0 unspecified atom stereocenters.